The third-order valence-electron chi connectivity index (χ3n) is 2.91. The lowest BCUT2D eigenvalue weighted by Gasteiger charge is -2.15. The van der Waals surface area contributed by atoms with Gasteiger partial charge >= 0.3 is 0 Å². The van der Waals surface area contributed by atoms with Gasteiger partial charge in [0.25, 0.3) is 0 Å². The average molecular weight is 206 g/mol. The van der Waals surface area contributed by atoms with Crippen molar-refractivity contribution in [2.75, 3.05) is 11.5 Å². The summed E-state index contributed by atoms with van der Waals surface area (Å²) >= 11 is 0. The van der Waals surface area contributed by atoms with E-state index in [1.54, 1.807) is 0 Å². The second-order valence-electron chi connectivity index (χ2n) is 4.14. The van der Waals surface area contributed by atoms with Crippen molar-refractivity contribution in [1.82, 2.24) is 0 Å². The molecule has 4 N–H and O–H groups in total. The molecule has 84 valence electrons. The fraction of sp³-hybridized carbons (Fsp3) is 0.538. The molecular formula is C13H22N2. The summed E-state index contributed by atoms with van der Waals surface area (Å²) < 4.78 is 0. The summed E-state index contributed by atoms with van der Waals surface area (Å²) in [5, 5.41) is 0. The van der Waals surface area contributed by atoms with Crippen molar-refractivity contribution in [3.8, 4) is 0 Å². The quantitative estimate of drug-likeness (QED) is 0.744. The molecule has 0 fully saturated rings. The van der Waals surface area contributed by atoms with E-state index in [4.69, 9.17) is 11.5 Å². The molecule has 0 aliphatic heterocycles. The van der Waals surface area contributed by atoms with Crippen molar-refractivity contribution in [3.05, 3.63) is 22.8 Å². The monoisotopic (exact) mass is 206 g/mol. The van der Waals surface area contributed by atoms with Crippen LogP contribution in [0.4, 0.5) is 11.4 Å². The van der Waals surface area contributed by atoms with Crippen LogP contribution in [-0.2, 0) is 12.8 Å². The van der Waals surface area contributed by atoms with E-state index in [2.05, 4.69) is 26.8 Å². The van der Waals surface area contributed by atoms with Gasteiger partial charge in [0, 0.05) is 11.4 Å². The smallest absolute Gasteiger partial charge is 0.0399 e. The van der Waals surface area contributed by atoms with Crippen LogP contribution in [0.3, 0.4) is 0 Å². The normalized spacial score (nSPS) is 10.6. The summed E-state index contributed by atoms with van der Waals surface area (Å²) in [5.41, 5.74) is 17.6. The molecular weight excluding hydrogens is 184 g/mol. The van der Waals surface area contributed by atoms with Crippen LogP contribution < -0.4 is 11.5 Å². The van der Waals surface area contributed by atoms with E-state index in [9.17, 15) is 0 Å². The molecule has 15 heavy (non-hydrogen) atoms. The average Bonchev–Trinajstić information content (AvgIpc) is 2.21. The van der Waals surface area contributed by atoms with Crippen LogP contribution in [0.5, 0.6) is 0 Å². The highest BCUT2D eigenvalue weighted by Gasteiger charge is 2.10. The molecule has 0 amide bonds. The van der Waals surface area contributed by atoms with Crippen LogP contribution in [0, 0.1) is 6.92 Å². The molecule has 0 saturated carbocycles. The lowest BCUT2D eigenvalue weighted by atomic mass is 9.95. The second-order valence-corrected chi connectivity index (χ2v) is 4.14. The van der Waals surface area contributed by atoms with Gasteiger partial charge in [-0.25, -0.2) is 0 Å². The molecule has 1 aromatic rings. The van der Waals surface area contributed by atoms with Gasteiger partial charge in [0.1, 0.15) is 0 Å². The topological polar surface area (TPSA) is 52.0 Å². The van der Waals surface area contributed by atoms with E-state index in [1.165, 1.54) is 11.1 Å². The van der Waals surface area contributed by atoms with E-state index in [0.29, 0.717) is 0 Å². The number of hydrogen-bond acceptors (Lipinski definition) is 2. The third-order valence-corrected chi connectivity index (χ3v) is 2.91. The second kappa shape index (κ2) is 5.06. The summed E-state index contributed by atoms with van der Waals surface area (Å²) in [6, 6.07) is 2.10. The highest BCUT2D eigenvalue weighted by molar-refractivity contribution is 5.67. The molecule has 0 radical (unpaired) electrons. The van der Waals surface area contributed by atoms with Crippen LogP contribution in [-0.4, -0.2) is 0 Å². The van der Waals surface area contributed by atoms with E-state index in [1.807, 2.05) is 0 Å². The molecule has 0 aromatic heterocycles. The largest absolute Gasteiger partial charge is 0.398 e. The van der Waals surface area contributed by atoms with Gasteiger partial charge in [-0.3, -0.25) is 0 Å². The molecule has 0 heterocycles. The zero-order valence-electron chi connectivity index (χ0n) is 10.1. The van der Waals surface area contributed by atoms with Crippen molar-refractivity contribution < 1.29 is 0 Å². The lowest BCUT2D eigenvalue weighted by molar-refractivity contribution is 0.900. The van der Waals surface area contributed by atoms with Crippen LogP contribution in [0.1, 0.15) is 43.4 Å². The van der Waals surface area contributed by atoms with Crippen LogP contribution in [0.15, 0.2) is 6.07 Å². The Hall–Kier alpha value is -1.18. The Balaban J connectivity index is 3.18. The van der Waals surface area contributed by atoms with Crippen LogP contribution >= 0.6 is 0 Å². The maximum Gasteiger partial charge on any atom is 0.0399 e. The van der Waals surface area contributed by atoms with E-state index in [0.717, 1.165) is 42.6 Å². The lowest BCUT2D eigenvalue weighted by Crippen LogP contribution is -2.05. The predicted octanol–water partition coefficient (Wildman–Crippen LogP) is 3.06. The molecule has 1 aromatic carbocycles. The summed E-state index contributed by atoms with van der Waals surface area (Å²) in [6.45, 7) is 6.42. The summed E-state index contributed by atoms with van der Waals surface area (Å²) in [4.78, 5) is 0. The molecule has 0 unspecified atom stereocenters. The highest BCUT2D eigenvalue weighted by Crippen LogP contribution is 2.28. The Morgan fingerprint density at radius 3 is 2.20 bits per heavy atom. The van der Waals surface area contributed by atoms with Gasteiger partial charge in [-0.15, -0.1) is 0 Å². The molecule has 0 spiro atoms. The maximum absolute atomic E-state index is 6.12. The van der Waals surface area contributed by atoms with E-state index >= 15 is 0 Å². The van der Waals surface area contributed by atoms with Crippen molar-refractivity contribution in [1.29, 1.82) is 0 Å². The number of nitrogen functional groups attached to an aromatic ring is 2. The SMILES string of the molecule is CCCc1cc(N)c(CCC)c(N)c1C. The minimum Gasteiger partial charge on any atom is -0.398 e. The first-order chi connectivity index (χ1) is 7.11. The van der Waals surface area contributed by atoms with Crippen LogP contribution in [0.25, 0.3) is 0 Å². The number of aryl methyl sites for hydroxylation is 1. The summed E-state index contributed by atoms with van der Waals surface area (Å²) in [6.07, 6.45) is 4.26. The molecule has 0 aliphatic carbocycles. The number of benzene rings is 1. The Morgan fingerprint density at radius 2 is 1.67 bits per heavy atom. The minimum absolute atomic E-state index is 0.864. The van der Waals surface area contributed by atoms with Crippen molar-refractivity contribution in [2.24, 2.45) is 0 Å². The number of anilines is 2. The number of nitrogens with two attached hydrogens (primary N) is 2. The Bertz CT molecular complexity index is 343. The van der Waals surface area contributed by atoms with E-state index in [-0.39, 0.29) is 0 Å². The van der Waals surface area contributed by atoms with Crippen molar-refractivity contribution >= 4 is 11.4 Å². The molecule has 2 nitrogen and oxygen atoms in total. The fourth-order valence-electron chi connectivity index (χ4n) is 2.00. The molecule has 0 atom stereocenters. The van der Waals surface area contributed by atoms with Gasteiger partial charge in [0.15, 0.2) is 0 Å². The Kier molecular flexibility index (Phi) is 4.01. The van der Waals surface area contributed by atoms with Gasteiger partial charge in [0.2, 0.25) is 0 Å². The minimum atomic E-state index is 0.864. The van der Waals surface area contributed by atoms with Crippen LogP contribution in [0.2, 0.25) is 0 Å². The number of hydrogen-bond donors (Lipinski definition) is 2. The van der Waals surface area contributed by atoms with Crippen molar-refractivity contribution in [3.63, 3.8) is 0 Å². The van der Waals surface area contributed by atoms with Crippen molar-refractivity contribution in [2.45, 2.75) is 46.5 Å². The molecule has 1 rings (SSSR count). The molecule has 0 bridgehead atoms. The Labute approximate surface area is 92.7 Å². The third kappa shape index (κ3) is 2.44. The summed E-state index contributed by atoms with van der Waals surface area (Å²) in [7, 11) is 0. The zero-order chi connectivity index (χ0) is 11.4. The maximum atomic E-state index is 6.12. The first-order valence-electron chi connectivity index (χ1n) is 5.78. The van der Waals surface area contributed by atoms with E-state index < -0.39 is 0 Å². The zero-order valence-corrected chi connectivity index (χ0v) is 10.1. The number of rotatable bonds is 4. The first-order valence-corrected chi connectivity index (χ1v) is 5.78. The van der Waals surface area contributed by atoms with Gasteiger partial charge in [0.05, 0.1) is 0 Å². The highest BCUT2D eigenvalue weighted by atomic mass is 14.6. The standard InChI is InChI=1S/C13H22N2/c1-4-6-10-8-12(14)11(7-5-2)13(15)9(10)3/h8H,4-7,14-15H2,1-3H3. The molecule has 2 heteroatoms. The van der Waals surface area contributed by atoms with Gasteiger partial charge in [-0.1, -0.05) is 26.7 Å². The molecule has 0 saturated heterocycles. The van der Waals surface area contributed by atoms with Gasteiger partial charge in [-0.2, -0.15) is 0 Å². The molecule has 0 aliphatic rings. The Morgan fingerprint density at radius 1 is 1.07 bits per heavy atom. The predicted molar refractivity (Wildman–Crippen MR) is 68.0 cm³/mol. The fourth-order valence-corrected chi connectivity index (χ4v) is 2.00. The van der Waals surface area contributed by atoms with Gasteiger partial charge < -0.3 is 11.5 Å². The summed E-state index contributed by atoms with van der Waals surface area (Å²) in [5.74, 6) is 0. The first kappa shape index (κ1) is 11.9. The van der Waals surface area contributed by atoms with Gasteiger partial charge in [-0.05, 0) is 42.5 Å².